The van der Waals surface area contributed by atoms with Gasteiger partial charge in [0.1, 0.15) is 5.82 Å². The zero-order chi connectivity index (χ0) is 13.2. The van der Waals surface area contributed by atoms with E-state index >= 15 is 0 Å². The van der Waals surface area contributed by atoms with E-state index in [1.165, 1.54) is 0 Å². The molecule has 0 aliphatic heterocycles. The second kappa shape index (κ2) is 5.06. The van der Waals surface area contributed by atoms with Crippen molar-refractivity contribution in [3.8, 4) is 0 Å². The molecule has 2 rings (SSSR count). The number of hydrogen-bond acceptors (Lipinski definition) is 3. The van der Waals surface area contributed by atoms with Crippen molar-refractivity contribution in [3.63, 3.8) is 0 Å². The van der Waals surface area contributed by atoms with Gasteiger partial charge in [0, 0.05) is 12.4 Å². The average molecular weight is 266 g/mol. The summed E-state index contributed by atoms with van der Waals surface area (Å²) in [5.74, 6) is 0.702. The molecule has 1 aliphatic rings. The molecular weight excluding hydrogens is 248 g/mol. The van der Waals surface area contributed by atoms with Gasteiger partial charge in [0.25, 0.3) is 0 Å². The molecule has 4 N–H and O–H groups in total. The van der Waals surface area contributed by atoms with Crippen molar-refractivity contribution >= 4 is 23.1 Å². The maximum atomic E-state index is 12.3. The summed E-state index contributed by atoms with van der Waals surface area (Å²) in [4.78, 5) is 19.8. The monoisotopic (exact) mass is 266 g/mol. The Kier molecular flexibility index (Phi) is 3.65. The zero-order valence-corrected chi connectivity index (χ0v) is 11.2. The number of amides is 1. The summed E-state index contributed by atoms with van der Waals surface area (Å²) in [5.41, 5.74) is 5.09. The molecule has 98 valence electrons. The number of imidazole rings is 1. The molecule has 0 aromatic carbocycles. The Hall–Kier alpha value is -1.43. The molecule has 1 heterocycles. The van der Waals surface area contributed by atoms with Crippen molar-refractivity contribution in [2.24, 2.45) is 11.1 Å². The molecule has 1 saturated carbocycles. The lowest BCUT2D eigenvalue weighted by molar-refractivity contribution is -0.131. The lowest BCUT2D eigenvalue weighted by Crippen LogP contribution is -2.53. The number of aromatic nitrogens is 2. The number of H-pyrrole nitrogens is 1. The number of carbonyl (C=O) groups is 1. The van der Waals surface area contributed by atoms with Gasteiger partial charge in [0.15, 0.2) is 0 Å². The first-order valence-electron chi connectivity index (χ1n) is 6.20. The predicted octanol–water partition coefficient (Wildman–Crippen LogP) is 1.43. The van der Waals surface area contributed by atoms with Crippen LogP contribution in [0.4, 0.5) is 0 Å². The first-order chi connectivity index (χ1) is 8.60. The number of carbonyl (C=O) groups excluding carboxylic acids is 1. The fourth-order valence-electron chi connectivity index (χ4n) is 2.24. The van der Waals surface area contributed by atoms with Crippen LogP contribution in [0.15, 0.2) is 12.4 Å². The quantitative estimate of drug-likeness (QED) is 0.704. The van der Waals surface area contributed by atoms with Gasteiger partial charge in [-0.2, -0.15) is 0 Å². The summed E-state index contributed by atoms with van der Waals surface area (Å²) >= 11 is 5.04. The van der Waals surface area contributed by atoms with Crippen molar-refractivity contribution in [1.29, 1.82) is 0 Å². The Balaban J connectivity index is 2.08. The minimum absolute atomic E-state index is 0.0653. The largest absolute Gasteiger partial charge is 0.392 e. The number of hydrogen-bond donors (Lipinski definition) is 3. The molecule has 6 heteroatoms. The van der Waals surface area contributed by atoms with Gasteiger partial charge in [0.2, 0.25) is 5.91 Å². The normalized spacial score (nSPS) is 18.7. The third-order valence-corrected chi connectivity index (χ3v) is 4.07. The van der Waals surface area contributed by atoms with Gasteiger partial charge < -0.3 is 16.0 Å². The maximum Gasteiger partial charge on any atom is 0.233 e. The first-order valence-corrected chi connectivity index (χ1v) is 6.61. The lowest BCUT2D eigenvalue weighted by atomic mass is 9.68. The molecule has 1 atom stereocenters. The van der Waals surface area contributed by atoms with Crippen molar-refractivity contribution < 1.29 is 4.79 Å². The van der Waals surface area contributed by atoms with Crippen molar-refractivity contribution in [2.45, 2.75) is 38.6 Å². The van der Waals surface area contributed by atoms with Crippen LogP contribution in [0, 0.1) is 5.41 Å². The number of nitrogens with two attached hydrogens (primary N) is 1. The van der Waals surface area contributed by atoms with E-state index in [0.29, 0.717) is 4.99 Å². The van der Waals surface area contributed by atoms with E-state index in [-0.39, 0.29) is 11.9 Å². The smallest absolute Gasteiger partial charge is 0.233 e. The highest BCUT2D eigenvalue weighted by Crippen LogP contribution is 2.41. The molecule has 0 spiro atoms. The van der Waals surface area contributed by atoms with E-state index in [4.69, 9.17) is 18.0 Å². The van der Waals surface area contributed by atoms with Gasteiger partial charge in [-0.15, -0.1) is 0 Å². The van der Waals surface area contributed by atoms with E-state index in [1.807, 2.05) is 6.92 Å². The Morgan fingerprint density at radius 3 is 2.83 bits per heavy atom. The van der Waals surface area contributed by atoms with Crippen molar-refractivity contribution in [1.82, 2.24) is 15.3 Å². The summed E-state index contributed by atoms with van der Waals surface area (Å²) in [6, 6.07) is -0.112. The van der Waals surface area contributed by atoms with Crippen LogP contribution in [0.2, 0.25) is 0 Å². The average Bonchev–Trinajstić information content (AvgIpc) is 2.76. The highest BCUT2D eigenvalue weighted by atomic mass is 32.1. The molecule has 1 aromatic heterocycles. The van der Waals surface area contributed by atoms with Crippen molar-refractivity contribution in [3.05, 3.63) is 18.2 Å². The Bertz CT molecular complexity index is 439. The predicted molar refractivity (Wildman–Crippen MR) is 72.8 cm³/mol. The summed E-state index contributed by atoms with van der Waals surface area (Å²) in [6.07, 6.45) is 6.70. The molecule has 0 bridgehead atoms. The van der Waals surface area contributed by atoms with Crippen LogP contribution in [-0.4, -0.2) is 20.9 Å². The van der Waals surface area contributed by atoms with Gasteiger partial charge >= 0.3 is 0 Å². The molecule has 1 fully saturated rings. The third-order valence-electron chi connectivity index (χ3n) is 3.68. The van der Waals surface area contributed by atoms with E-state index in [0.717, 1.165) is 31.5 Å². The maximum absolute atomic E-state index is 12.3. The molecule has 0 saturated heterocycles. The summed E-state index contributed by atoms with van der Waals surface area (Å²) in [7, 11) is 0. The molecular formula is C12H18N4OS. The molecule has 0 radical (unpaired) electrons. The standard InChI is InChI=1S/C12H18N4OS/c1-2-8(9-14-6-7-15-9)16-11(17)12(10(13)18)4-3-5-12/h6-8H,2-5H2,1H3,(H2,13,18)(H,14,15)(H,16,17). The zero-order valence-electron chi connectivity index (χ0n) is 10.4. The SMILES string of the molecule is CCC(NC(=O)C1(C(N)=S)CCC1)c1ncc[nH]1. The number of thiocarbonyl (C=S) groups is 1. The highest BCUT2D eigenvalue weighted by molar-refractivity contribution is 7.80. The van der Waals surface area contributed by atoms with Gasteiger partial charge in [-0.25, -0.2) is 4.98 Å². The van der Waals surface area contributed by atoms with E-state index in [2.05, 4.69) is 15.3 Å². The van der Waals surface area contributed by atoms with Gasteiger partial charge in [-0.1, -0.05) is 25.6 Å². The van der Waals surface area contributed by atoms with Crippen LogP contribution >= 0.6 is 12.2 Å². The van der Waals surface area contributed by atoms with Crippen LogP contribution in [0.1, 0.15) is 44.5 Å². The van der Waals surface area contributed by atoms with Crippen molar-refractivity contribution in [2.75, 3.05) is 0 Å². The second-order valence-corrected chi connectivity index (χ2v) is 5.15. The number of nitrogens with one attached hydrogen (secondary N) is 2. The first kappa shape index (κ1) is 13.0. The molecule has 5 nitrogen and oxygen atoms in total. The van der Waals surface area contributed by atoms with Crippen LogP contribution < -0.4 is 11.1 Å². The molecule has 1 aliphatic carbocycles. The van der Waals surface area contributed by atoms with Gasteiger partial charge in [-0.3, -0.25) is 4.79 Å². The van der Waals surface area contributed by atoms with Gasteiger partial charge in [0.05, 0.1) is 16.4 Å². The summed E-state index contributed by atoms with van der Waals surface area (Å²) < 4.78 is 0. The Morgan fingerprint density at radius 1 is 1.72 bits per heavy atom. The van der Waals surface area contributed by atoms with Gasteiger partial charge in [-0.05, 0) is 19.3 Å². The highest BCUT2D eigenvalue weighted by Gasteiger charge is 2.47. The van der Waals surface area contributed by atoms with Crippen LogP contribution in [0.3, 0.4) is 0 Å². The van der Waals surface area contributed by atoms with Crippen LogP contribution in [0.25, 0.3) is 0 Å². The second-order valence-electron chi connectivity index (χ2n) is 4.71. The lowest BCUT2D eigenvalue weighted by Gasteiger charge is -2.39. The minimum Gasteiger partial charge on any atom is -0.392 e. The summed E-state index contributed by atoms with van der Waals surface area (Å²) in [6.45, 7) is 2.00. The van der Waals surface area contributed by atoms with E-state index in [1.54, 1.807) is 12.4 Å². The molecule has 1 aromatic rings. The number of rotatable bonds is 5. The topological polar surface area (TPSA) is 83.8 Å². The Labute approximate surface area is 112 Å². The van der Waals surface area contributed by atoms with Crippen LogP contribution in [0.5, 0.6) is 0 Å². The molecule has 1 unspecified atom stereocenters. The molecule has 18 heavy (non-hydrogen) atoms. The minimum atomic E-state index is -0.630. The Morgan fingerprint density at radius 2 is 2.44 bits per heavy atom. The fraction of sp³-hybridized carbons (Fsp3) is 0.583. The number of nitrogens with zero attached hydrogens (tertiary/aromatic N) is 1. The third kappa shape index (κ3) is 2.12. The number of aromatic amines is 1. The van der Waals surface area contributed by atoms with E-state index < -0.39 is 5.41 Å². The van der Waals surface area contributed by atoms with E-state index in [9.17, 15) is 4.79 Å². The fourth-order valence-corrected chi connectivity index (χ4v) is 2.54. The van der Waals surface area contributed by atoms with Crippen LogP contribution in [-0.2, 0) is 4.79 Å². The molecule has 1 amide bonds. The summed E-state index contributed by atoms with van der Waals surface area (Å²) in [5, 5.41) is 2.99.